The van der Waals surface area contributed by atoms with Gasteiger partial charge in [-0.15, -0.1) is 0 Å². The van der Waals surface area contributed by atoms with Crippen molar-refractivity contribution in [3.8, 4) is 0 Å². The van der Waals surface area contributed by atoms with E-state index >= 15 is 0 Å². The molecule has 7 nitrogen and oxygen atoms in total. The third kappa shape index (κ3) is 2.76. The van der Waals surface area contributed by atoms with Crippen molar-refractivity contribution in [2.24, 2.45) is 0 Å². The third-order valence-corrected chi connectivity index (χ3v) is 2.65. The Balaban J connectivity index is 2.38. The number of hydrogen-bond donors (Lipinski definition) is 2. The molecule has 1 heterocycles. The maximum atomic E-state index is 10.9. The molecule has 7 heteroatoms. The molecular formula is C12H11N3O4. The molecule has 2 aromatic rings. The summed E-state index contributed by atoms with van der Waals surface area (Å²) in [4.78, 5) is 24.9. The number of aromatic nitrogens is 1. The zero-order valence-corrected chi connectivity index (χ0v) is 9.87. The van der Waals surface area contributed by atoms with Gasteiger partial charge >= 0.3 is 5.97 Å². The van der Waals surface area contributed by atoms with Crippen LogP contribution in [-0.4, -0.2) is 27.5 Å². The molecule has 0 atom stereocenters. The lowest BCUT2D eigenvalue weighted by atomic mass is 10.1. The third-order valence-electron chi connectivity index (χ3n) is 2.65. The highest BCUT2D eigenvalue weighted by Gasteiger charge is 2.13. The number of hydrogen-bond acceptors (Lipinski definition) is 5. The normalized spacial score (nSPS) is 10.3. The van der Waals surface area contributed by atoms with Crippen LogP contribution in [0.3, 0.4) is 0 Å². The van der Waals surface area contributed by atoms with Gasteiger partial charge in [-0.1, -0.05) is 0 Å². The number of nitro groups is 1. The molecule has 0 spiro atoms. The van der Waals surface area contributed by atoms with Crippen LogP contribution in [0.1, 0.15) is 6.42 Å². The minimum Gasteiger partial charge on any atom is -0.481 e. The Morgan fingerprint density at radius 1 is 1.37 bits per heavy atom. The van der Waals surface area contributed by atoms with Crippen molar-refractivity contribution < 1.29 is 14.8 Å². The second-order valence-electron chi connectivity index (χ2n) is 3.88. The number of anilines is 1. The molecule has 2 N–H and O–H groups in total. The first-order chi connectivity index (χ1) is 9.09. The largest absolute Gasteiger partial charge is 0.481 e. The first-order valence-electron chi connectivity index (χ1n) is 5.56. The number of carboxylic acids is 1. The molecule has 98 valence electrons. The molecule has 0 unspecified atom stereocenters. The van der Waals surface area contributed by atoms with Crippen molar-refractivity contribution in [3.63, 3.8) is 0 Å². The number of nitrogens with zero attached hydrogens (tertiary/aromatic N) is 2. The molecule has 0 amide bonds. The number of non-ortho nitro benzene ring substituents is 1. The molecule has 0 bridgehead atoms. The van der Waals surface area contributed by atoms with Crippen LogP contribution < -0.4 is 5.32 Å². The quantitative estimate of drug-likeness (QED) is 0.630. The van der Waals surface area contributed by atoms with E-state index in [-0.39, 0.29) is 18.7 Å². The van der Waals surface area contributed by atoms with Crippen LogP contribution in [0, 0.1) is 10.1 Å². The number of nitrogens with one attached hydrogen (secondary N) is 1. The fraction of sp³-hybridized carbons (Fsp3) is 0.167. The van der Waals surface area contributed by atoms with Crippen LogP contribution in [-0.2, 0) is 4.79 Å². The highest BCUT2D eigenvalue weighted by molar-refractivity contribution is 5.99. The minimum absolute atomic E-state index is 0.00110. The second-order valence-corrected chi connectivity index (χ2v) is 3.88. The van der Waals surface area contributed by atoms with E-state index in [2.05, 4.69) is 10.3 Å². The lowest BCUT2D eigenvalue weighted by molar-refractivity contribution is -0.383. The van der Waals surface area contributed by atoms with Crippen molar-refractivity contribution in [2.45, 2.75) is 6.42 Å². The van der Waals surface area contributed by atoms with E-state index in [0.29, 0.717) is 16.5 Å². The van der Waals surface area contributed by atoms with Gasteiger partial charge in [0.05, 0.1) is 16.7 Å². The Kier molecular flexibility index (Phi) is 3.56. The van der Waals surface area contributed by atoms with Gasteiger partial charge in [-0.2, -0.15) is 0 Å². The van der Waals surface area contributed by atoms with Crippen LogP contribution in [0.4, 0.5) is 11.4 Å². The van der Waals surface area contributed by atoms with Gasteiger partial charge in [0, 0.05) is 36.1 Å². The fourth-order valence-corrected chi connectivity index (χ4v) is 1.79. The molecule has 0 saturated carbocycles. The van der Waals surface area contributed by atoms with Gasteiger partial charge in [-0.05, 0) is 12.1 Å². The summed E-state index contributed by atoms with van der Waals surface area (Å²) in [7, 11) is 0. The van der Waals surface area contributed by atoms with Crippen LogP contribution >= 0.6 is 0 Å². The van der Waals surface area contributed by atoms with Crippen LogP contribution in [0.2, 0.25) is 0 Å². The molecule has 0 radical (unpaired) electrons. The summed E-state index contributed by atoms with van der Waals surface area (Å²) in [6, 6.07) is 4.52. The molecule has 0 aliphatic heterocycles. The molecule has 19 heavy (non-hydrogen) atoms. The standard InChI is InChI=1S/C12H11N3O4/c16-12(17)4-6-14-10-1-2-11(15(18)19)8-3-5-13-7-9(8)10/h1-3,5,7,14H,4,6H2,(H,16,17). The van der Waals surface area contributed by atoms with Crippen molar-refractivity contribution >= 4 is 28.1 Å². The van der Waals surface area contributed by atoms with E-state index in [0.717, 1.165) is 0 Å². The van der Waals surface area contributed by atoms with Crippen LogP contribution in [0.25, 0.3) is 10.8 Å². The van der Waals surface area contributed by atoms with Crippen molar-refractivity contribution in [2.75, 3.05) is 11.9 Å². The number of carbonyl (C=O) groups is 1. The lowest BCUT2D eigenvalue weighted by Gasteiger charge is -2.08. The summed E-state index contributed by atoms with van der Waals surface area (Å²) in [6.07, 6.45) is 2.97. The topological polar surface area (TPSA) is 105 Å². The van der Waals surface area contributed by atoms with Crippen LogP contribution in [0.5, 0.6) is 0 Å². The summed E-state index contributed by atoms with van der Waals surface area (Å²) < 4.78 is 0. The Morgan fingerprint density at radius 3 is 2.84 bits per heavy atom. The molecule has 0 fully saturated rings. The van der Waals surface area contributed by atoms with Gasteiger partial charge in [0.15, 0.2) is 0 Å². The van der Waals surface area contributed by atoms with Gasteiger partial charge in [-0.3, -0.25) is 19.9 Å². The zero-order valence-electron chi connectivity index (χ0n) is 9.87. The molecule has 0 aliphatic carbocycles. The molecular weight excluding hydrogens is 250 g/mol. The summed E-state index contributed by atoms with van der Waals surface area (Å²) in [5, 5.41) is 23.5. The van der Waals surface area contributed by atoms with E-state index in [9.17, 15) is 14.9 Å². The van der Waals surface area contributed by atoms with E-state index in [4.69, 9.17) is 5.11 Å². The average molecular weight is 261 g/mol. The fourth-order valence-electron chi connectivity index (χ4n) is 1.79. The molecule has 1 aromatic carbocycles. The molecule has 0 saturated heterocycles. The van der Waals surface area contributed by atoms with Crippen molar-refractivity contribution in [1.29, 1.82) is 0 Å². The van der Waals surface area contributed by atoms with E-state index in [1.54, 1.807) is 12.1 Å². The summed E-state index contributed by atoms with van der Waals surface area (Å²) in [5.41, 5.74) is 0.635. The molecule has 0 aliphatic rings. The zero-order chi connectivity index (χ0) is 13.8. The van der Waals surface area contributed by atoms with Crippen molar-refractivity contribution in [1.82, 2.24) is 4.98 Å². The predicted octanol–water partition coefficient (Wildman–Crippen LogP) is 2.03. The maximum Gasteiger partial charge on any atom is 0.305 e. The van der Waals surface area contributed by atoms with E-state index in [1.165, 1.54) is 18.5 Å². The highest BCUT2D eigenvalue weighted by atomic mass is 16.6. The number of fused-ring (bicyclic) bond motifs is 1. The Hall–Kier alpha value is -2.70. The monoisotopic (exact) mass is 261 g/mol. The average Bonchev–Trinajstić information content (AvgIpc) is 2.38. The highest BCUT2D eigenvalue weighted by Crippen LogP contribution is 2.30. The van der Waals surface area contributed by atoms with E-state index in [1.807, 2.05) is 0 Å². The molecule has 1 aromatic heterocycles. The number of aliphatic carboxylic acids is 1. The van der Waals surface area contributed by atoms with Gasteiger partial charge in [0.25, 0.3) is 5.69 Å². The first kappa shape index (κ1) is 12.7. The maximum absolute atomic E-state index is 10.9. The number of nitro benzene ring substituents is 1. The van der Waals surface area contributed by atoms with Gasteiger partial charge in [0.2, 0.25) is 0 Å². The number of benzene rings is 1. The van der Waals surface area contributed by atoms with Gasteiger partial charge in [-0.25, -0.2) is 0 Å². The van der Waals surface area contributed by atoms with Gasteiger partial charge in [0.1, 0.15) is 0 Å². The van der Waals surface area contributed by atoms with Gasteiger partial charge < -0.3 is 10.4 Å². The SMILES string of the molecule is O=C(O)CCNc1ccc([N+](=O)[O-])c2ccncc12. The Morgan fingerprint density at radius 2 is 2.16 bits per heavy atom. The Bertz CT molecular complexity index is 642. The number of pyridine rings is 1. The van der Waals surface area contributed by atoms with Crippen molar-refractivity contribution in [3.05, 3.63) is 40.7 Å². The summed E-state index contributed by atoms with van der Waals surface area (Å²) in [5.74, 6) is -0.906. The van der Waals surface area contributed by atoms with Crippen LogP contribution in [0.15, 0.2) is 30.6 Å². The minimum atomic E-state index is -0.906. The summed E-state index contributed by atoms with van der Waals surface area (Å²) in [6.45, 7) is 0.247. The first-order valence-corrected chi connectivity index (χ1v) is 5.56. The predicted molar refractivity (Wildman–Crippen MR) is 69.1 cm³/mol. The summed E-state index contributed by atoms with van der Waals surface area (Å²) >= 11 is 0. The second kappa shape index (κ2) is 5.30. The number of rotatable bonds is 5. The smallest absolute Gasteiger partial charge is 0.305 e. The Labute approximate surface area is 108 Å². The number of carboxylic acid groups (broad SMARTS) is 1. The lowest BCUT2D eigenvalue weighted by Crippen LogP contribution is -2.08. The molecule has 2 rings (SSSR count). The van der Waals surface area contributed by atoms with E-state index < -0.39 is 10.9 Å².